The number of carbonyl (C=O) groups excluding carboxylic acids is 1. The van der Waals surface area contributed by atoms with Gasteiger partial charge in [0.2, 0.25) is 0 Å². The SMILES string of the molecule is COc1ccc(-c2cn3cc(C(=O)N[C@H](C)[C@](O)(Cn4cncn4)c4ccc(F)cc4F)nc3s2)cc1. The normalized spacial score (nSPS) is 13.9. The van der Waals surface area contributed by atoms with E-state index in [2.05, 4.69) is 20.4 Å². The Morgan fingerprint density at radius 1 is 1.22 bits per heavy atom. The Morgan fingerprint density at radius 2 is 2.00 bits per heavy atom. The summed E-state index contributed by atoms with van der Waals surface area (Å²) in [7, 11) is 1.60. The summed E-state index contributed by atoms with van der Waals surface area (Å²) in [5.41, 5.74) is -1.05. The number of aromatic nitrogens is 5. The van der Waals surface area contributed by atoms with Crippen LogP contribution < -0.4 is 10.1 Å². The van der Waals surface area contributed by atoms with Gasteiger partial charge in [-0.3, -0.25) is 9.20 Å². The van der Waals surface area contributed by atoms with Gasteiger partial charge in [-0.15, -0.1) is 0 Å². The number of imidazole rings is 1. The van der Waals surface area contributed by atoms with E-state index in [0.717, 1.165) is 28.3 Å². The van der Waals surface area contributed by atoms with Crippen LogP contribution in [-0.2, 0) is 12.1 Å². The van der Waals surface area contributed by atoms with Crippen molar-refractivity contribution in [1.82, 2.24) is 29.5 Å². The van der Waals surface area contributed by atoms with Crippen LogP contribution in [0.4, 0.5) is 8.78 Å². The molecular formula is C25H22F2N6O3S. The Balaban J connectivity index is 1.39. The van der Waals surface area contributed by atoms with Crippen LogP contribution in [0.1, 0.15) is 23.0 Å². The van der Waals surface area contributed by atoms with E-state index < -0.39 is 29.2 Å². The number of aliphatic hydroxyl groups is 1. The lowest BCUT2D eigenvalue weighted by atomic mass is 9.86. The second kappa shape index (κ2) is 9.71. The number of thiazole rings is 1. The second-order valence-corrected chi connectivity index (χ2v) is 9.49. The van der Waals surface area contributed by atoms with Crippen molar-refractivity contribution in [3.05, 3.63) is 90.4 Å². The zero-order chi connectivity index (χ0) is 26.2. The average molecular weight is 525 g/mol. The number of rotatable bonds is 8. The Labute approximate surface area is 214 Å². The molecule has 0 bridgehead atoms. The molecule has 2 N–H and O–H groups in total. The largest absolute Gasteiger partial charge is 0.497 e. The lowest BCUT2D eigenvalue weighted by Gasteiger charge is -2.35. The number of halogens is 2. The van der Waals surface area contributed by atoms with Crippen LogP contribution in [0.5, 0.6) is 5.75 Å². The monoisotopic (exact) mass is 524 g/mol. The molecule has 3 aromatic heterocycles. The minimum Gasteiger partial charge on any atom is -0.497 e. The number of methoxy groups -OCH3 is 1. The molecule has 0 saturated heterocycles. The Hall–Kier alpha value is -4.16. The number of benzene rings is 2. The summed E-state index contributed by atoms with van der Waals surface area (Å²) in [5, 5.41) is 18.3. The molecule has 12 heteroatoms. The number of hydrogen-bond acceptors (Lipinski definition) is 7. The van der Waals surface area contributed by atoms with Crippen LogP contribution in [0, 0.1) is 11.6 Å². The lowest BCUT2D eigenvalue weighted by Crippen LogP contribution is -2.52. The van der Waals surface area contributed by atoms with Crippen molar-refractivity contribution in [2.75, 3.05) is 7.11 Å². The molecule has 0 spiro atoms. The first-order valence-corrected chi connectivity index (χ1v) is 12.0. The molecule has 0 aliphatic rings. The van der Waals surface area contributed by atoms with Crippen LogP contribution in [0.3, 0.4) is 0 Å². The molecular weight excluding hydrogens is 502 g/mol. The maximum Gasteiger partial charge on any atom is 0.271 e. The molecule has 2 aromatic carbocycles. The van der Waals surface area contributed by atoms with Crippen LogP contribution in [0.2, 0.25) is 0 Å². The smallest absolute Gasteiger partial charge is 0.271 e. The first kappa shape index (κ1) is 24.5. The Bertz CT molecular complexity index is 1520. The van der Waals surface area contributed by atoms with E-state index in [-0.39, 0.29) is 17.8 Å². The van der Waals surface area contributed by atoms with Crippen LogP contribution in [0.15, 0.2) is 67.5 Å². The summed E-state index contributed by atoms with van der Waals surface area (Å²) < 4.78 is 36.5. The van der Waals surface area contributed by atoms with Gasteiger partial charge >= 0.3 is 0 Å². The van der Waals surface area contributed by atoms with E-state index in [1.807, 2.05) is 30.5 Å². The van der Waals surface area contributed by atoms with Gasteiger partial charge in [-0.05, 0) is 42.8 Å². The fourth-order valence-electron chi connectivity index (χ4n) is 4.04. The number of fused-ring (bicyclic) bond motifs is 1. The summed E-state index contributed by atoms with van der Waals surface area (Å²) in [4.78, 5) is 22.9. The van der Waals surface area contributed by atoms with E-state index in [1.165, 1.54) is 35.6 Å². The molecule has 0 aliphatic carbocycles. The Kier molecular flexibility index (Phi) is 6.44. The molecule has 0 unspecified atom stereocenters. The van der Waals surface area contributed by atoms with Gasteiger partial charge in [0.25, 0.3) is 5.91 Å². The average Bonchev–Trinajstić information content (AvgIpc) is 3.61. The minimum atomic E-state index is -1.97. The standard InChI is InChI=1S/C25H22F2N6O3S/c1-15(25(35,12-33-14-28-13-29-33)19-8-5-17(26)9-20(19)27)30-23(34)21-10-32-11-22(37-24(32)31-21)16-3-6-18(36-2)7-4-16/h3-11,13-15,35H,12H2,1-2H3,(H,30,34)/t15-,25-/m1/s1. The molecule has 5 aromatic rings. The molecule has 2 atom stereocenters. The van der Waals surface area contributed by atoms with Gasteiger partial charge in [0.1, 0.15) is 41.3 Å². The number of carbonyl (C=O) groups is 1. The van der Waals surface area contributed by atoms with Crippen molar-refractivity contribution in [3.8, 4) is 16.2 Å². The highest BCUT2D eigenvalue weighted by Crippen LogP contribution is 2.32. The number of hydrogen-bond donors (Lipinski definition) is 2. The van der Waals surface area contributed by atoms with Gasteiger partial charge in [0.15, 0.2) is 4.96 Å². The first-order chi connectivity index (χ1) is 17.8. The number of amides is 1. The predicted octanol–water partition coefficient (Wildman–Crippen LogP) is 3.65. The topological polar surface area (TPSA) is 107 Å². The first-order valence-electron chi connectivity index (χ1n) is 11.2. The second-order valence-electron chi connectivity index (χ2n) is 8.48. The number of nitrogens with one attached hydrogen (secondary N) is 1. The fraction of sp³-hybridized carbons (Fsp3) is 0.200. The maximum atomic E-state index is 14.7. The van der Waals surface area contributed by atoms with Crippen LogP contribution in [0.25, 0.3) is 15.4 Å². The highest BCUT2D eigenvalue weighted by atomic mass is 32.1. The van der Waals surface area contributed by atoms with Crippen molar-refractivity contribution in [2.45, 2.75) is 25.1 Å². The highest BCUT2D eigenvalue weighted by molar-refractivity contribution is 7.20. The molecule has 0 radical (unpaired) electrons. The maximum absolute atomic E-state index is 14.7. The van der Waals surface area contributed by atoms with Gasteiger partial charge in [-0.25, -0.2) is 23.4 Å². The summed E-state index contributed by atoms with van der Waals surface area (Å²) >= 11 is 1.41. The molecule has 1 amide bonds. The summed E-state index contributed by atoms with van der Waals surface area (Å²) in [6.45, 7) is 1.29. The van der Waals surface area contributed by atoms with Crippen molar-refractivity contribution in [1.29, 1.82) is 0 Å². The summed E-state index contributed by atoms with van der Waals surface area (Å²) in [6.07, 6.45) is 6.06. The summed E-state index contributed by atoms with van der Waals surface area (Å²) in [5.74, 6) is -1.54. The highest BCUT2D eigenvalue weighted by Gasteiger charge is 2.40. The van der Waals surface area contributed by atoms with E-state index in [4.69, 9.17) is 4.74 Å². The van der Waals surface area contributed by atoms with Crippen molar-refractivity contribution < 1.29 is 23.4 Å². The van der Waals surface area contributed by atoms with Crippen molar-refractivity contribution >= 4 is 22.2 Å². The lowest BCUT2D eigenvalue weighted by molar-refractivity contribution is -0.0186. The van der Waals surface area contributed by atoms with Crippen molar-refractivity contribution in [3.63, 3.8) is 0 Å². The molecule has 37 heavy (non-hydrogen) atoms. The third-order valence-electron chi connectivity index (χ3n) is 6.09. The predicted molar refractivity (Wildman–Crippen MR) is 132 cm³/mol. The minimum absolute atomic E-state index is 0.127. The molecule has 0 fully saturated rings. The van der Waals surface area contributed by atoms with E-state index in [1.54, 1.807) is 17.7 Å². The zero-order valence-corrected chi connectivity index (χ0v) is 20.6. The third kappa shape index (κ3) is 4.80. The molecule has 0 aliphatic heterocycles. The molecule has 5 rings (SSSR count). The molecule has 9 nitrogen and oxygen atoms in total. The van der Waals surface area contributed by atoms with Crippen LogP contribution >= 0.6 is 11.3 Å². The van der Waals surface area contributed by atoms with Crippen LogP contribution in [-0.4, -0.2) is 48.3 Å². The molecule has 3 heterocycles. The van der Waals surface area contributed by atoms with Gasteiger partial charge in [0.05, 0.1) is 24.6 Å². The third-order valence-corrected chi connectivity index (χ3v) is 7.14. The number of nitrogens with zero attached hydrogens (tertiary/aromatic N) is 5. The van der Waals surface area contributed by atoms with E-state index >= 15 is 0 Å². The van der Waals surface area contributed by atoms with E-state index in [0.29, 0.717) is 11.0 Å². The van der Waals surface area contributed by atoms with Gasteiger partial charge < -0.3 is 15.2 Å². The van der Waals surface area contributed by atoms with E-state index in [9.17, 15) is 18.7 Å². The van der Waals surface area contributed by atoms with Crippen molar-refractivity contribution in [2.24, 2.45) is 0 Å². The quantitative estimate of drug-likeness (QED) is 0.321. The van der Waals surface area contributed by atoms with Gasteiger partial charge in [-0.1, -0.05) is 17.4 Å². The van der Waals surface area contributed by atoms with Gasteiger partial charge in [0, 0.05) is 24.0 Å². The molecule has 190 valence electrons. The molecule has 0 saturated carbocycles. The summed E-state index contributed by atoms with van der Waals surface area (Å²) in [6, 6.07) is 9.46. The number of ether oxygens (including phenoxy) is 1. The zero-order valence-electron chi connectivity index (χ0n) is 19.8. The fourth-order valence-corrected chi connectivity index (χ4v) is 5.01. The van der Waals surface area contributed by atoms with Gasteiger partial charge in [-0.2, -0.15) is 5.10 Å². The Morgan fingerprint density at radius 3 is 2.65 bits per heavy atom.